The number of carbonyl (C=O) groups is 3. The highest BCUT2D eigenvalue weighted by Gasteiger charge is 2.31. The van der Waals surface area contributed by atoms with Crippen LogP contribution in [-0.4, -0.2) is 36.0 Å². The molecule has 144 valence electrons. The largest absolute Gasteiger partial charge is 0.324 e. The van der Waals surface area contributed by atoms with Crippen LogP contribution in [0.25, 0.3) is 0 Å². The smallest absolute Gasteiger partial charge is 0.238 e. The predicted octanol–water partition coefficient (Wildman–Crippen LogP) is 3.53. The molecule has 1 N–H and O–H groups in total. The first kappa shape index (κ1) is 18.8. The minimum absolute atomic E-state index is 0.164. The molecule has 29 heavy (non-hydrogen) atoms. The highest BCUT2D eigenvalue weighted by Crippen LogP contribution is 2.31. The molecule has 0 saturated heterocycles. The fraction of sp³-hybridized carbons (Fsp3) is 0.125. The van der Waals surface area contributed by atoms with Gasteiger partial charge in [-0.1, -0.05) is 66.7 Å². The molecule has 3 aromatic carbocycles. The quantitative estimate of drug-likeness (QED) is 0.572. The number of rotatable bonds is 5. The molecule has 0 saturated carbocycles. The number of likely N-dealkylation sites (N-methyl/N-ethyl adjacent to an activating group) is 1. The molecule has 1 aliphatic carbocycles. The van der Waals surface area contributed by atoms with Gasteiger partial charge in [-0.05, 0) is 18.7 Å². The first-order valence-corrected chi connectivity index (χ1v) is 9.38. The first-order valence-electron chi connectivity index (χ1n) is 9.38. The molecule has 0 heterocycles. The Balaban J connectivity index is 1.54. The SMILES string of the molecule is CN(CC(=O)Nc1cccc2c1C(=O)c1ccccc1C2=O)Cc1ccccc1. The molecule has 0 aromatic heterocycles. The van der Waals surface area contributed by atoms with E-state index >= 15 is 0 Å². The van der Waals surface area contributed by atoms with Crippen molar-refractivity contribution in [1.82, 2.24) is 4.90 Å². The van der Waals surface area contributed by atoms with Gasteiger partial charge in [-0.25, -0.2) is 0 Å². The average Bonchev–Trinajstić information content (AvgIpc) is 2.72. The van der Waals surface area contributed by atoms with E-state index in [1.54, 1.807) is 42.5 Å². The monoisotopic (exact) mass is 384 g/mol. The maximum atomic E-state index is 13.0. The summed E-state index contributed by atoms with van der Waals surface area (Å²) in [5.74, 6) is -0.688. The lowest BCUT2D eigenvalue weighted by Crippen LogP contribution is -2.31. The number of amides is 1. The van der Waals surface area contributed by atoms with Gasteiger partial charge in [0.1, 0.15) is 0 Å². The molecule has 0 spiro atoms. The summed E-state index contributed by atoms with van der Waals surface area (Å²) in [5, 5.41) is 2.81. The van der Waals surface area contributed by atoms with E-state index in [4.69, 9.17) is 0 Å². The Morgan fingerprint density at radius 3 is 2.14 bits per heavy atom. The molecule has 0 unspecified atom stereocenters. The van der Waals surface area contributed by atoms with Crippen molar-refractivity contribution in [2.45, 2.75) is 6.54 Å². The van der Waals surface area contributed by atoms with Crippen LogP contribution in [-0.2, 0) is 11.3 Å². The van der Waals surface area contributed by atoms with Crippen LogP contribution >= 0.6 is 0 Å². The van der Waals surface area contributed by atoms with Crippen molar-refractivity contribution in [3.63, 3.8) is 0 Å². The minimum Gasteiger partial charge on any atom is -0.324 e. The Morgan fingerprint density at radius 2 is 1.41 bits per heavy atom. The van der Waals surface area contributed by atoms with E-state index in [9.17, 15) is 14.4 Å². The van der Waals surface area contributed by atoms with Crippen molar-refractivity contribution in [3.8, 4) is 0 Å². The predicted molar refractivity (Wildman–Crippen MR) is 111 cm³/mol. The van der Waals surface area contributed by atoms with Crippen molar-refractivity contribution >= 4 is 23.2 Å². The van der Waals surface area contributed by atoms with Gasteiger partial charge in [-0.2, -0.15) is 0 Å². The van der Waals surface area contributed by atoms with Gasteiger partial charge in [0.25, 0.3) is 0 Å². The lowest BCUT2D eigenvalue weighted by Gasteiger charge is -2.21. The lowest BCUT2D eigenvalue weighted by atomic mass is 9.83. The van der Waals surface area contributed by atoms with Crippen LogP contribution < -0.4 is 5.32 Å². The zero-order chi connectivity index (χ0) is 20.4. The number of carbonyl (C=O) groups excluding carboxylic acids is 3. The van der Waals surface area contributed by atoms with Gasteiger partial charge in [0, 0.05) is 23.2 Å². The van der Waals surface area contributed by atoms with Crippen LogP contribution in [0.1, 0.15) is 37.4 Å². The number of anilines is 1. The van der Waals surface area contributed by atoms with E-state index in [-0.39, 0.29) is 29.6 Å². The van der Waals surface area contributed by atoms with E-state index in [1.165, 1.54) is 0 Å². The van der Waals surface area contributed by atoms with Gasteiger partial charge in [0.15, 0.2) is 11.6 Å². The zero-order valence-electron chi connectivity index (χ0n) is 16.0. The van der Waals surface area contributed by atoms with Crippen molar-refractivity contribution in [2.75, 3.05) is 18.9 Å². The number of benzene rings is 3. The maximum Gasteiger partial charge on any atom is 0.238 e. The summed E-state index contributed by atoms with van der Waals surface area (Å²) < 4.78 is 0. The molecule has 4 rings (SSSR count). The van der Waals surface area contributed by atoms with E-state index in [0.29, 0.717) is 28.9 Å². The Labute approximate surface area is 169 Å². The summed E-state index contributed by atoms with van der Waals surface area (Å²) in [6.45, 7) is 0.795. The van der Waals surface area contributed by atoms with Gasteiger partial charge >= 0.3 is 0 Å². The van der Waals surface area contributed by atoms with E-state index in [2.05, 4.69) is 5.32 Å². The number of fused-ring (bicyclic) bond motifs is 2. The molecule has 0 bridgehead atoms. The third-order valence-corrected chi connectivity index (χ3v) is 4.94. The van der Waals surface area contributed by atoms with Crippen molar-refractivity contribution < 1.29 is 14.4 Å². The highest BCUT2D eigenvalue weighted by atomic mass is 16.2. The highest BCUT2D eigenvalue weighted by molar-refractivity contribution is 6.30. The Morgan fingerprint density at radius 1 is 0.793 bits per heavy atom. The molecule has 0 atom stereocenters. The van der Waals surface area contributed by atoms with Crippen LogP contribution in [0.4, 0.5) is 5.69 Å². The molecule has 0 aliphatic heterocycles. The maximum absolute atomic E-state index is 13.0. The van der Waals surface area contributed by atoms with Crippen LogP contribution in [0.5, 0.6) is 0 Å². The number of hydrogen-bond donors (Lipinski definition) is 1. The standard InChI is InChI=1S/C24H20N2O3/c1-26(14-16-8-3-2-4-9-16)15-21(27)25-20-13-7-12-19-22(20)24(29)18-11-6-5-10-17(18)23(19)28/h2-13H,14-15H2,1H3,(H,25,27). The Bertz CT molecular complexity index is 1110. The summed E-state index contributed by atoms with van der Waals surface area (Å²) in [6.07, 6.45) is 0. The zero-order valence-corrected chi connectivity index (χ0v) is 16.0. The van der Waals surface area contributed by atoms with Crippen LogP contribution in [0.2, 0.25) is 0 Å². The van der Waals surface area contributed by atoms with Crippen molar-refractivity contribution in [2.24, 2.45) is 0 Å². The van der Waals surface area contributed by atoms with Crippen LogP contribution in [0, 0.1) is 0 Å². The summed E-state index contributed by atoms with van der Waals surface area (Å²) >= 11 is 0. The van der Waals surface area contributed by atoms with Gasteiger partial charge in [0.2, 0.25) is 5.91 Å². The molecule has 5 heteroatoms. The van der Waals surface area contributed by atoms with Crippen LogP contribution in [0.15, 0.2) is 72.8 Å². The second kappa shape index (κ2) is 7.81. The summed E-state index contributed by atoms with van der Waals surface area (Å²) in [5.41, 5.74) is 2.83. The summed E-state index contributed by atoms with van der Waals surface area (Å²) in [7, 11) is 1.86. The summed E-state index contributed by atoms with van der Waals surface area (Å²) in [4.78, 5) is 40.3. The topological polar surface area (TPSA) is 66.5 Å². The fourth-order valence-corrected chi connectivity index (χ4v) is 3.64. The molecule has 5 nitrogen and oxygen atoms in total. The lowest BCUT2D eigenvalue weighted by molar-refractivity contribution is -0.117. The molecule has 1 amide bonds. The van der Waals surface area contributed by atoms with E-state index < -0.39 is 0 Å². The molecule has 3 aromatic rings. The first-order chi connectivity index (χ1) is 14.0. The molecule has 1 aliphatic rings. The molecule has 0 radical (unpaired) electrons. The van der Waals surface area contributed by atoms with E-state index in [0.717, 1.165) is 5.56 Å². The van der Waals surface area contributed by atoms with Crippen molar-refractivity contribution in [1.29, 1.82) is 0 Å². The van der Waals surface area contributed by atoms with Gasteiger partial charge in [-0.15, -0.1) is 0 Å². The molecular formula is C24H20N2O3. The number of nitrogens with one attached hydrogen (secondary N) is 1. The molecular weight excluding hydrogens is 364 g/mol. The minimum atomic E-state index is -0.247. The van der Waals surface area contributed by atoms with Gasteiger partial charge in [-0.3, -0.25) is 19.3 Å². The van der Waals surface area contributed by atoms with E-state index in [1.807, 2.05) is 42.3 Å². The Kier molecular flexibility index (Phi) is 5.06. The third-order valence-electron chi connectivity index (χ3n) is 4.94. The second-order valence-corrected chi connectivity index (χ2v) is 7.14. The van der Waals surface area contributed by atoms with Gasteiger partial charge in [0.05, 0.1) is 17.8 Å². The number of nitrogens with zero attached hydrogens (tertiary/aromatic N) is 1. The van der Waals surface area contributed by atoms with Crippen molar-refractivity contribution in [3.05, 3.63) is 101 Å². The summed E-state index contributed by atoms with van der Waals surface area (Å²) in [6, 6.07) is 21.6. The second-order valence-electron chi connectivity index (χ2n) is 7.14. The fourth-order valence-electron chi connectivity index (χ4n) is 3.64. The normalized spacial score (nSPS) is 12.5. The number of ketones is 2. The molecule has 0 fully saturated rings. The third kappa shape index (κ3) is 3.73. The van der Waals surface area contributed by atoms with Gasteiger partial charge < -0.3 is 5.32 Å². The number of hydrogen-bond acceptors (Lipinski definition) is 4. The average molecular weight is 384 g/mol. The van der Waals surface area contributed by atoms with Crippen LogP contribution in [0.3, 0.4) is 0 Å². The Hall–Kier alpha value is -3.57.